The van der Waals surface area contributed by atoms with Gasteiger partial charge in [-0.05, 0) is 44.7 Å². The molecule has 5 nitrogen and oxygen atoms in total. The molecule has 0 spiro atoms. The monoisotopic (exact) mass is 357 g/mol. The maximum absolute atomic E-state index is 12.7. The molecule has 1 aliphatic carbocycles. The number of carbonyl (C=O) groups is 2. The highest BCUT2D eigenvalue weighted by atomic mass is 16.2. The Balaban J connectivity index is 1.57. The molecule has 0 radical (unpaired) electrons. The molecule has 1 aromatic rings. The fraction of sp³-hybridized carbons (Fsp3) is 0.619. The molecule has 1 N–H and O–H groups in total. The molecular formula is C21H31N3O2. The van der Waals surface area contributed by atoms with Crippen LogP contribution in [0.2, 0.25) is 0 Å². The molecule has 1 saturated carbocycles. The lowest BCUT2D eigenvalue weighted by molar-refractivity contribution is -0.138. The van der Waals surface area contributed by atoms with Crippen LogP contribution in [0.3, 0.4) is 0 Å². The van der Waals surface area contributed by atoms with Crippen LogP contribution in [-0.4, -0.2) is 47.4 Å². The first-order valence-electron chi connectivity index (χ1n) is 9.88. The van der Waals surface area contributed by atoms with Gasteiger partial charge in [0.25, 0.3) is 0 Å². The largest absolute Gasteiger partial charge is 0.336 e. The van der Waals surface area contributed by atoms with Crippen molar-refractivity contribution in [2.75, 3.05) is 19.6 Å². The number of benzene rings is 1. The standard InChI is InChI=1S/C21H31N3O2/c1-15-9-10-16(2)19(13-15)17(3)22-21(26)23-11-12-24(20(25)14-23)18-7-5-4-6-8-18/h9-10,13,17-18H,4-8,11-12,14H2,1-3H3,(H,22,26)/t17-/m1/s1. The van der Waals surface area contributed by atoms with Crippen molar-refractivity contribution < 1.29 is 9.59 Å². The van der Waals surface area contributed by atoms with Crippen molar-refractivity contribution in [1.29, 1.82) is 0 Å². The van der Waals surface area contributed by atoms with Gasteiger partial charge in [-0.3, -0.25) is 4.79 Å². The summed E-state index contributed by atoms with van der Waals surface area (Å²) in [5.41, 5.74) is 3.48. The summed E-state index contributed by atoms with van der Waals surface area (Å²) in [6, 6.07) is 6.45. The number of aryl methyl sites for hydroxylation is 2. The lowest BCUT2D eigenvalue weighted by Gasteiger charge is -2.40. The summed E-state index contributed by atoms with van der Waals surface area (Å²) in [4.78, 5) is 28.9. The average molecular weight is 357 g/mol. The zero-order valence-corrected chi connectivity index (χ0v) is 16.3. The molecule has 0 aromatic heterocycles. The van der Waals surface area contributed by atoms with E-state index >= 15 is 0 Å². The molecule has 1 aliphatic heterocycles. The molecule has 2 fully saturated rings. The minimum atomic E-state index is -0.143. The van der Waals surface area contributed by atoms with Crippen molar-refractivity contribution in [2.45, 2.75) is 65.0 Å². The highest BCUT2D eigenvalue weighted by molar-refractivity contribution is 5.85. The van der Waals surface area contributed by atoms with Gasteiger partial charge in [0.15, 0.2) is 0 Å². The Morgan fingerprint density at radius 2 is 1.88 bits per heavy atom. The molecule has 1 aromatic carbocycles. The molecule has 5 heteroatoms. The molecule has 0 bridgehead atoms. The van der Waals surface area contributed by atoms with Gasteiger partial charge in [-0.15, -0.1) is 0 Å². The zero-order chi connectivity index (χ0) is 18.7. The normalized spacial score (nSPS) is 20.2. The molecule has 2 aliphatic rings. The maximum atomic E-state index is 12.7. The third kappa shape index (κ3) is 4.19. The van der Waals surface area contributed by atoms with Crippen molar-refractivity contribution in [1.82, 2.24) is 15.1 Å². The number of nitrogens with zero attached hydrogens (tertiary/aromatic N) is 2. The Bertz CT molecular complexity index is 667. The topological polar surface area (TPSA) is 52.7 Å². The third-order valence-corrected chi connectivity index (χ3v) is 5.80. The fourth-order valence-electron chi connectivity index (χ4n) is 4.22. The average Bonchev–Trinajstić information content (AvgIpc) is 2.64. The third-order valence-electron chi connectivity index (χ3n) is 5.80. The van der Waals surface area contributed by atoms with E-state index in [1.165, 1.54) is 30.4 Å². The van der Waals surface area contributed by atoms with Crippen LogP contribution >= 0.6 is 0 Å². The lowest BCUT2D eigenvalue weighted by atomic mass is 9.93. The SMILES string of the molecule is Cc1ccc(C)c([C@@H](C)NC(=O)N2CCN(C3CCCCC3)C(=O)C2)c1. The zero-order valence-electron chi connectivity index (χ0n) is 16.3. The van der Waals surface area contributed by atoms with Gasteiger partial charge in [-0.25, -0.2) is 4.79 Å². The summed E-state index contributed by atoms with van der Waals surface area (Å²) in [7, 11) is 0. The van der Waals surface area contributed by atoms with Crippen molar-refractivity contribution >= 4 is 11.9 Å². The molecule has 26 heavy (non-hydrogen) atoms. The number of amides is 3. The molecule has 3 rings (SSSR count). The number of rotatable bonds is 3. The van der Waals surface area contributed by atoms with E-state index in [9.17, 15) is 9.59 Å². The van der Waals surface area contributed by atoms with Crippen LogP contribution in [-0.2, 0) is 4.79 Å². The van der Waals surface area contributed by atoms with Gasteiger partial charge in [0.2, 0.25) is 5.91 Å². The van der Waals surface area contributed by atoms with Crippen molar-refractivity contribution in [3.05, 3.63) is 34.9 Å². The first kappa shape index (κ1) is 18.7. The lowest BCUT2D eigenvalue weighted by Crippen LogP contribution is -2.57. The molecule has 3 amide bonds. The molecule has 1 atom stereocenters. The van der Waals surface area contributed by atoms with Crippen molar-refractivity contribution in [3.63, 3.8) is 0 Å². The van der Waals surface area contributed by atoms with Crippen molar-refractivity contribution in [2.24, 2.45) is 0 Å². The van der Waals surface area contributed by atoms with Gasteiger partial charge < -0.3 is 15.1 Å². The first-order valence-corrected chi connectivity index (χ1v) is 9.88. The van der Waals surface area contributed by atoms with Crippen molar-refractivity contribution in [3.8, 4) is 0 Å². The summed E-state index contributed by atoms with van der Waals surface area (Å²) in [6.45, 7) is 7.59. The highest BCUT2D eigenvalue weighted by Gasteiger charge is 2.32. The molecule has 1 saturated heterocycles. The summed E-state index contributed by atoms with van der Waals surface area (Å²) < 4.78 is 0. The van der Waals surface area contributed by atoms with Crippen LogP contribution < -0.4 is 5.32 Å². The Morgan fingerprint density at radius 3 is 2.58 bits per heavy atom. The second-order valence-electron chi connectivity index (χ2n) is 7.83. The van der Waals surface area contributed by atoms with Gasteiger partial charge >= 0.3 is 6.03 Å². The molecule has 142 valence electrons. The number of piperazine rings is 1. The van der Waals surface area contributed by atoms with Crippen LogP contribution in [0.4, 0.5) is 4.79 Å². The van der Waals surface area contributed by atoms with Gasteiger partial charge in [0.05, 0.1) is 6.04 Å². The summed E-state index contributed by atoms with van der Waals surface area (Å²) >= 11 is 0. The van der Waals surface area contributed by atoms with Gasteiger partial charge in [-0.1, -0.05) is 43.0 Å². The van der Waals surface area contributed by atoms with Gasteiger partial charge in [-0.2, -0.15) is 0 Å². The number of urea groups is 1. The van der Waals surface area contributed by atoms with Gasteiger partial charge in [0, 0.05) is 19.1 Å². The number of carbonyl (C=O) groups excluding carboxylic acids is 2. The van der Waals surface area contributed by atoms with E-state index in [1.807, 2.05) is 11.8 Å². The van der Waals surface area contributed by atoms with Crippen LogP contribution in [0.15, 0.2) is 18.2 Å². The fourth-order valence-corrected chi connectivity index (χ4v) is 4.22. The quantitative estimate of drug-likeness (QED) is 0.899. The summed E-state index contributed by atoms with van der Waals surface area (Å²) in [6.07, 6.45) is 5.94. The predicted molar refractivity (Wildman–Crippen MR) is 103 cm³/mol. The number of hydrogen-bond donors (Lipinski definition) is 1. The Labute approximate surface area is 156 Å². The van der Waals surface area contributed by atoms with E-state index in [2.05, 4.69) is 37.4 Å². The van der Waals surface area contributed by atoms with E-state index in [1.54, 1.807) is 4.90 Å². The minimum absolute atomic E-state index is 0.0751. The van der Waals surface area contributed by atoms with Crippen LogP contribution in [0.1, 0.15) is 61.8 Å². The number of nitrogens with one attached hydrogen (secondary N) is 1. The van der Waals surface area contributed by atoms with Crippen LogP contribution in [0, 0.1) is 13.8 Å². The minimum Gasteiger partial charge on any atom is -0.336 e. The highest BCUT2D eigenvalue weighted by Crippen LogP contribution is 2.24. The molecular weight excluding hydrogens is 326 g/mol. The van der Waals surface area contributed by atoms with E-state index in [0.29, 0.717) is 19.1 Å². The summed E-state index contributed by atoms with van der Waals surface area (Å²) in [5.74, 6) is 0.0951. The van der Waals surface area contributed by atoms with E-state index in [-0.39, 0.29) is 24.5 Å². The molecule has 1 heterocycles. The smallest absolute Gasteiger partial charge is 0.318 e. The summed E-state index contributed by atoms with van der Waals surface area (Å²) in [5, 5.41) is 3.07. The van der Waals surface area contributed by atoms with Crippen LogP contribution in [0.5, 0.6) is 0 Å². The molecule has 0 unspecified atom stereocenters. The van der Waals surface area contributed by atoms with Crippen LogP contribution in [0.25, 0.3) is 0 Å². The Morgan fingerprint density at radius 1 is 1.15 bits per heavy atom. The van der Waals surface area contributed by atoms with E-state index < -0.39 is 0 Å². The Hall–Kier alpha value is -2.04. The second-order valence-corrected chi connectivity index (χ2v) is 7.83. The first-order chi connectivity index (χ1) is 12.5. The Kier molecular flexibility index (Phi) is 5.84. The van der Waals surface area contributed by atoms with E-state index in [4.69, 9.17) is 0 Å². The predicted octanol–water partition coefficient (Wildman–Crippen LogP) is 3.55. The second kappa shape index (κ2) is 8.11. The van der Waals surface area contributed by atoms with Gasteiger partial charge in [0.1, 0.15) is 6.54 Å². The number of hydrogen-bond acceptors (Lipinski definition) is 2. The van der Waals surface area contributed by atoms with E-state index in [0.717, 1.165) is 18.4 Å². The maximum Gasteiger partial charge on any atom is 0.318 e.